The minimum Gasteiger partial charge on any atom is -0.854 e. The Labute approximate surface area is 347 Å². The van der Waals surface area contributed by atoms with Gasteiger partial charge in [0.15, 0.2) is 0 Å². The van der Waals surface area contributed by atoms with Crippen LogP contribution < -0.4 is 30.6 Å². The molecule has 0 amide bonds. The monoisotopic (exact) mass is 929 g/mol. The van der Waals surface area contributed by atoms with Crippen molar-refractivity contribution in [3.8, 4) is 0 Å². The molecule has 0 aliphatic rings. The first-order valence-electron chi connectivity index (χ1n) is 15.0. The fourth-order valence-corrected chi connectivity index (χ4v) is 3.07. The number of hydrogen-bond acceptors (Lipinski definition) is 20. The van der Waals surface area contributed by atoms with E-state index in [0.29, 0.717) is 39.3 Å². The van der Waals surface area contributed by atoms with E-state index in [9.17, 15) is 49.8 Å². The number of aliphatic hydroxyl groups is 4. The maximum atomic E-state index is 10.1. The Morgan fingerprint density at radius 2 is 0.636 bits per heavy atom. The largest absolute Gasteiger partial charge is 2.00 e. The smallest absolute Gasteiger partial charge is 0.854 e. The van der Waals surface area contributed by atoms with Gasteiger partial charge in [-0.1, -0.05) is 0 Å². The Balaban J connectivity index is -0.000000180. The minimum absolute atomic E-state index is 0. The SMILES string of the molecule is O=C([O-])c1ccco1.O=C([O-])c1ccco1.O=C([O-])c1ccco1.O=C([O-])c1ccco1.[Cu+2].[Cu+2].[Cu+2].[O-]CCN(CCO)CCO.[O-]CCN(CCO)CCO. The number of aromatic carboxylic acids is 4. The molecule has 0 saturated heterocycles. The van der Waals surface area contributed by atoms with Gasteiger partial charge >= 0.3 is 51.2 Å². The van der Waals surface area contributed by atoms with E-state index in [2.05, 4.69) is 17.7 Å². The van der Waals surface area contributed by atoms with Gasteiger partial charge < -0.3 is 97.7 Å². The standard InChI is InChI=1S/2C6H14NO3.4C5H4O3.3Cu/c2*8-4-1-7(2-5-9)3-6-10;4*6-5(7)4-2-1-3-8-4;;;/h2*8-9H,1-6H2;4*1-3H,(H,6,7);;;/q2*-1;;;;;3*+2/p-4. The average Bonchev–Trinajstić information content (AvgIpc) is 3.96. The van der Waals surface area contributed by atoms with Crippen LogP contribution in [0.25, 0.3) is 0 Å². The summed E-state index contributed by atoms with van der Waals surface area (Å²) in [5.41, 5.74) is 0. The van der Waals surface area contributed by atoms with E-state index in [1.165, 1.54) is 73.6 Å². The van der Waals surface area contributed by atoms with Crippen LogP contribution in [-0.2, 0) is 51.2 Å². The van der Waals surface area contributed by atoms with E-state index in [0.717, 1.165) is 0 Å². The zero-order chi connectivity index (χ0) is 39.6. The molecule has 0 bridgehead atoms. The van der Waals surface area contributed by atoms with Gasteiger partial charge in [0.1, 0.15) is 46.9 Å². The van der Waals surface area contributed by atoms with E-state index in [4.69, 9.17) is 20.4 Å². The molecule has 20 nitrogen and oxygen atoms in total. The molecule has 23 heteroatoms. The maximum absolute atomic E-state index is 10.1. The van der Waals surface area contributed by atoms with Crippen molar-refractivity contribution in [3.63, 3.8) is 0 Å². The van der Waals surface area contributed by atoms with Crippen LogP contribution in [-0.4, -0.2) is 133 Å². The van der Waals surface area contributed by atoms with Gasteiger partial charge in [0.25, 0.3) is 0 Å². The molecule has 4 aromatic heterocycles. The van der Waals surface area contributed by atoms with Crippen LogP contribution in [0.1, 0.15) is 42.2 Å². The molecule has 3 radical (unpaired) electrons. The van der Waals surface area contributed by atoms with Crippen LogP contribution in [0.15, 0.2) is 91.3 Å². The number of furan rings is 4. The fourth-order valence-electron chi connectivity index (χ4n) is 3.07. The summed E-state index contributed by atoms with van der Waals surface area (Å²) in [7, 11) is 0. The molecule has 4 N–H and O–H groups in total. The first kappa shape index (κ1) is 60.5. The summed E-state index contributed by atoms with van der Waals surface area (Å²) < 4.78 is 17.7. The molecule has 4 rings (SSSR count). The molecule has 4 heterocycles. The number of carbonyl (C=O) groups excluding carboxylic acids is 4. The first-order chi connectivity index (χ1) is 24.9. The van der Waals surface area contributed by atoms with Crippen molar-refractivity contribution < 1.29 is 139 Å². The summed E-state index contributed by atoms with van der Waals surface area (Å²) in [6.45, 7) is 2.51. The van der Waals surface area contributed by atoms with E-state index < -0.39 is 23.9 Å². The summed E-state index contributed by atoms with van der Waals surface area (Å²) in [5, 5.41) is 93.5. The normalized spacial score (nSPS) is 9.16. The predicted octanol–water partition coefficient (Wildman–Crippen LogP) is -6.17. The van der Waals surface area contributed by atoms with E-state index in [-0.39, 0.29) is 114 Å². The van der Waals surface area contributed by atoms with Crippen LogP contribution in [0.4, 0.5) is 0 Å². The molecule has 0 aliphatic carbocycles. The van der Waals surface area contributed by atoms with Crippen LogP contribution in [0.5, 0.6) is 0 Å². The molecule has 55 heavy (non-hydrogen) atoms. The van der Waals surface area contributed by atoms with Crippen molar-refractivity contribution in [1.29, 1.82) is 0 Å². The maximum Gasteiger partial charge on any atom is 2.00 e. The van der Waals surface area contributed by atoms with E-state index in [1.807, 2.05) is 0 Å². The second-order valence-electron chi connectivity index (χ2n) is 9.04. The Bertz CT molecular complexity index is 1170. The molecular weight excluding hydrogens is 891 g/mol. The van der Waals surface area contributed by atoms with Crippen LogP contribution >= 0.6 is 0 Å². The summed E-state index contributed by atoms with van der Waals surface area (Å²) in [6, 6.07) is 11.3. The number of hydrogen-bond donors (Lipinski definition) is 4. The molecule has 0 unspecified atom stereocenters. The topological polar surface area (TPSA) is 347 Å². The number of carboxylic acid groups (broad SMARTS) is 4. The fraction of sp³-hybridized carbons (Fsp3) is 0.375. The Kier molecular flexibility index (Phi) is 45.5. The van der Waals surface area contributed by atoms with Gasteiger partial charge in [-0.05, 0) is 61.6 Å². The van der Waals surface area contributed by atoms with Crippen molar-refractivity contribution in [2.24, 2.45) is 0 Å². The van der Waals surface area contributed by atoms with Crippen LogP contribution in [0, 0.1) is 0 Å². The Morgan fingerprint density at radius 1 is 0.436 bits per heavy atom. The van der Waals surface area contributed by atoms with Gasteiger partial charge in [-0.3, -0.25) is 0 Å². The third-order valence-corrected chi connectivity index (χ3v) is 5.37. The number of nitrogens with zero attached hydrogens (tertiary/aromatic N) is 2. The average molecular weight is 931 g/mol. The molecule has 319 valence electrons. The van der Waals surface area contributed by atoms with Crippen molar-refractivity contribution in [3.05, 3.63) is 96.6 Å². The van der Waals surface area contributed by atoms with Gasteiger partial charge in [-0.25, -0.2) is 0 Å². The molecule has 0 fully saturated rings. The zero-order valence-corrected chi connectivity index (χ0v) is 31.5. The summed E-state index contributed by atoms with van der Waals surface area (Å²) >= 11 is 0. The van der Waals surface area contributed by atoms with E-state index >= 15 is 0 Å². The van der Waals surface area contributed by atoms with Crippen molar-refractivity contribution >= 4 is 23.9 Å². The minimum atomic E-state index is -1.28. The summed E-state index contributed by atoms with van der Waals surface area (Å²) in [5.74, 6) is -5.67. The number of carboxylic acids is 4. The summed E-state index contributed by atoms with van der Waals surface area (Å²) in [4.78, 5) is 42.9. The number of carbonyl (C=O) groups is 4. The van der Waals surface area contributed by atoms with Gasteiger partial charge in [0.05, 0.1) is 51.5 Å². The van der Waals surface area contributed by atoms with Crippen molar-refractivity contribution in [2.75, 3.05) is 78.9 Å². The van der Waals surface area contributed by atoms with Crippen molar-refractivity contribution in [1.82, 2.24) is 9.80 Å². The Hall–Kier alpha value is -3.76. The zero-order valence-electron chi connectivity index (χ0n) is 28.7. The molecule has 0 atom stereocenters. The van der Waals surface area contributed by atoms with Gasteiger partial charge in [0, 0.05) is 26.2 Å². The van der Waals surface area contributed by atoms with Gasteiger partial charge in [-0.2, -0.15) is 0 Å². The second kappa shape index (κ2) is 41.4. The number of rotatable bonds is 16. The molecule has 0 aliphatic heterocycles. The molecule has 0 saturated carbocycles. The molecule has 0 aromatic carbocycles. The quantitative estimate of drug-likeness (QED) is 0.0760. The van der Waals surface area contributed by atoms with Gasteiger partial charge in [0.2, 0.25) is 0 Å². The molecule has 4 aromatic rings. The second-order valence-corrected chi connectivity index (χ2v) is 9.04. The summed E-state index contributed by atoms with van der Waals surface area (Å²) in [6.07, 6.45) is 5.13. The predicted molar refractivity (Wildman–Crippen MR) is 163 cm³/mol. The molecule has 0 spiro atoms. The number of aliphatic hydroxyl groups excluding tert-OH is 4. The third kappa shape index (κ3) is 34.5. The molecular formula is C32H40Cu3N2O18. The van der Waals surface area contributed by atoms with Crippen molar-refractivity contribution in [2.45, 2.75) is 0 Å². The van der Waals surface area contributed by atoms with E-state index in [1.54, 1.807) is 9.80 Å². The first-order valence-corrected chi connectivity index (χ1v) is 15.0. The van der Waals surface area contributed by atoms with Crippen LogP contribution in [0.3, 0.4) is 0 Å². The Morgan fingerprint density at radius 3 is 0.727 bits per heavy atom. The van der Waals surface area contributed by atoms with Gasteiger partial charge in [-0.15, -0.1) is 13.2 Å². The third-order valence-electron chi connectivity index (χ3n) is 5.37. The van der Waals surface area contributed by atoms with Crippen LogP contribution in [0.2, 0.25) is 0 Å².